The van der Waals surface area contributed by atoms with E-state index >= 15 is 0 Å². The topological polar surface area (TPSA) is 87.8 Å². The van der Waals surface area contributed by atoms with Crippen LogP contribution in [0, 0.1) is 5.92 Å². The molecule has 5 rings (SSSR count). The summed E-state index contributed by atoms with van der Waals surface area (Å²) in [6.45, 7) is 3.01. The second kappa shape index (κ2) is 8.74. The first-order chi connectivity index (χ1) is 16.0. The van der Waals surface area contributed by atoms with Crippen molar-refractivity contribution in [1.82, 2.24) is 18.7 Å². The van der Waals surface area contributed by atoms with Gasteiger partial charge in [-0.05, 0) is 61.8 Å². The van der Waals surface area contributed by atoms with Crippen LogP contribution in [0.15, 0.2) is 33.9 Å². The zero-order valence-corrected chi connectivity index (χ0v) is 19.0. The molecule has 0 spiro atoms. The van der Waals surface area contributed by atoms with Crippen LogP contribution in [0.4, 0.5) is 4.39 Å². The molecule has 2 heterocycles. The molecule has 1 unspecified atom stereocenters. The van der Waals surface area contributed by atoms with E-state index in [1.54, 1.807) is 4.57 Å². The first-order valence-corrected chi connectivity index (χ1v) is 11.8. The average Bonchev–Trinajstić information content (AvgIpc) is 3.59. The van der Waals surface area contributed by atoms with Gasteiger partial charge in [-0.15, -0.1) is 0 Å². The summed E-state index contributed by atoms with van der Waals surface area (Å²) in [5.41, 5.74) is 9.54. The van der Waals surface area contributed by atoms with Crippen molar-refractivity contribution in [1.29, 1.82) is 0 Å². The number of nitrogens with two attached hydrogens (primary N) is 1. The highest BCUT2D eigenvalue weighted by Gasteiger charge is 2.31. The normalized spacial score (nSPS) is 17.6. The zero-order chi connectivity index (χ0) is 23.1. The van der Waals surface area contributed by atoms with E-state index in [4.69, 9.17) is 10.7 Å². The molecule has 2 N–H and O–H groups in total. The van der Waals surface area contributed by atoms with E-state index in [1.807, 2.05) is 24.3 Å². The van der Waals surface area contributed by atoms with Crippen LogP contribution in [0.3, 0.4) is 0 Å². The summed E-state index contributed by atoms with van der Waals surface area (Å²) in [6.07, 6.45) is 7.47. The van der Waals surface area contributed by atoms with Gasteiger partial charge in [0, 0.05) is 24.7 Å². The van der Waals surface area contributed by atoms with Crippen molar-refractivity contribution in [3.05, 3.63) is 67.8 Å². The fourth-order valence-corrected chi connectivity index (χ4v) is 4.80. The van der Waals surface area contributed by atoms with Crippen LogP contribution in [-0.4, -0.2) is 25.4 Å². The second-order valence-electron chi connectivity index (χ2n) is 9.28. The number of aryl methyl sites for hydroxylation is 1. The first kappa shape index (κ1) is 21.8. The lowest BCUT2D eigenvalue weighted by Gasteiger charge is -2.22. The Morgan fingerprint density at radius 2 is 2.00 bits per heavy atom. The molecule has 3 aromatic rings. The highest BCUT2D eigenvalue weighted by atomic mass is 19.1. The van der Waals surface area contributed by atoms with Gasteiger partial charge >= 0.3 is 5.69 Å². The Bertz CT molecular complexity index is 1350. The summed E-state index contributed by atoms with van der Waals surface area (Å²) in [6, 6.07) is 5.94. The number of aromatic nitrogens is 4. The first-order valence-electron chi connectivity index (χ1n) is 11.8. The number of nitrogens with zero attached hydrogens (tertiary/aromatic N) is 4. The van der Waals surface area contributed by atoms with Gasteiger partial charge in [0.25, 0.3) is 5.56 Å². The van der Waals surface area contributed by atoms with Crippen molar-refractivity contribution in [2.45, 2.75) is 64.7 Å². The average molecular weight is 452 g/mol. The number of unbranched alkanes of at least 4 members (excludes halogenated alkanes) is 1. The maximum Gasteiger partial charge on any atom is 0.332 e. The molecular formula is C25H30FN5O2. The van der Waals surface area contributed by atoms with Crippen molar-refractivity contribution < 1.29 is 4.39 Å². The molecular weight excluding hydrogens is 421 g/mol. The predicted molar refractivity (Wildman–Crippen MR) is 127 cm³/mol. The van der Waals surface area contributed by atoms with Crippen LogP contribution in [0.25, 0.3) is 17.1 Å². The molecule has 1 saturated carbocycles. The highest BCUT2D eigenvalue weighted by Crippen LogP contribution is 2.33. The van der Waals surface area contributed by atoms with Gasteiger partial charge in [-0.25, -0.2) is 9.78 Å². The van der Waals surface area contributed by atoms with Crippen molar-refractivity contribution in [3.63, 3.8) is 0 Å². The van der Waals surface area contributed by atoms with Crippen LogP contribution in [0.1, 0.15) is 61.3 Å². The minimum atomic E-state index is -0.360. The van der Waals surface area contributed by atoms with Gasteiger partial charge in [0.05, 0.1) is 29.9 Å². The third kappa shape index (κ3) is 3.97. The summed E-state index contributed by atoms with van der Waals surface area (Å²) in [7, 11) is 0. The van der Waals surface area contributed by atoms with E-state index < -0.39 is 0 Å². The fourth-order valence-electron chi connectivity index (χ4n) is 4.80. The summed E-state index contributed by atoms with van der Waals surface area (Å²) >= 11 is 0. The maximum absolute atomic E-state index is 13.5. The van der Waals surface area contributed by atoms with Gasteiger partial charge in [-0.3, -0.25) is 18.3 Å². The third-order valence-corrected chi connectivity index (χ3v) is 6.73. The largest absolute Gasteiger partial charge is 0.332 e. The monoisotopic (exact) mass is 451 g/mol. The molecule has 1 aromatic carbocycles. The van der Waals surface area contributed by atoms with Crippen LogP contribution < -0.4 is 17.0 Å². The smallest absolute Gasteiger partial charge is 0.326 e. The molecule has 0 aliphatic heterocycles. The molecule has 0 radical (unpaired) electrons. The third-order valence-electron chi connectivity index (χ3n) is 6.73. The zero-order valence-electron chi connectivity index (χ0n) is 19.0. The summed E-state index contributed by atoms with van der Waals surface area (Å²) < 4.78 is 18.0. The van der Waals surface area contributed by atoms with Crippen LogP contribution >= 0.6 is 0 Å². The van der Waals surface area contributed by atoms with Crippen LogP contribution in [0.2, 0.25) is 0 Å². The van der Waals surface area contributed by atoms with Crippen molar-refractivity contribution >= 4 is 17.1 Å². The summed E-state index contributed by atoms with van der Waals surface area (Å²) in [4.78, 5) is 31.5. The lowest BCUT2D eigenvalue weighted by Crippen LogP contribution is -2.44. The molecule has 1 fully saturated rings. The number of halogens is 1. The molecule has 33 heavy (non-hydrogen) atoms. The number of imidazole rings is 1. The maximum atomic E-state index is 13.5. The van der Waals surface area contributed by atoms with Crippen LogP contribution in [0.5, 0.6) is 0 Å². The molecule has 2 aliphatic carbocycles. The van der Waals surface area contributed by atoms with Crippen molar-refractivity contribution in [3.8, 4) is 0 Å². The predicted octanol–water partition coefficient (Wildman–Crippen LogP) is 3.16. The molecule has 0 saturated heterocycles. The minimum absolute atomic E-state index is 0.00162. The number of allylic oxidation sites excluding steroid dienone is 1. The van der Waals surface area contributed by atoms with Gasteiger partial charge in [-0.2, -0.15) is 0 Å². The minimum Gasteiger partial charge on any atom is -0.326 e. The van der Waals surface area contributed by atoms with Gasteiger partial charge in [0.15, 0.2) is 0 Å². The number of benzene rings is 1. The molecule has 0 amide bonds. The lowest BCUT2D eigenvalue weighted by atomic mass is 9.94. The highest BCUT2D eigenvalue weighted by molar-refractivity contribution is 5.77. The van der Waals surface area contributed by atoms with E-state index in [9.17, 15) is 14.0 Å². The number of hydrogen-bond acceptors (Lipinski definition) is 4. The number of fused-ring (bicyclic) bond motifs is 2. The van der Waals surface area contributed by atoms with Gasteiger partial charge < -0.3 is 10.3 Å². The standard InChI is InChI=1S/C25H30FN5O2/c1-16-4-8-21-19(12-16)24(32)31(18-6-7-18)25(33)30(21)15-23-28-20-13-17(14-27)5-9-22(20)29(23)11-3-2-10-26/h4-5,8-9,13,16,18H,2-3,6-7,10-12,14-15,27H2,1H3. The Kier molecular flexibility index (Phi) is 5.78. The molecule has 7 nitrogen and oxygen atoms in total. The summed E-state index contributed by atoms with van der Waals surface area (Å²) in [5, 5.41) is 0. The van der Waals surface area contributed by atoms with E-state index in [1.165, 1.54) is 4.57 Å². The molecule has 8 heteroatoms. The van der Waals surface area contributed by atoms with Crippen molar-refractivity contribution in [2.75, 3.05) is 6.67 Å². The molecule has 174 valence electrons. The number of hydrogen-bond donors (Lipinski definition) is 1. The number of rotatable bonds is 8. The lowest BCUT2D eigenvalue weighted by molar-refractivity contribution is 0.445. The number of alkyl halides is 1. The summed E-state index contributed by atoms with van der Waals surface area (Å²) in [5.74, 6) is 0.985. The Hall–Kier alpha value is -3.00. The van der Waals surface area contributed by atoms with Crippen LogP contribution in [-0.2, 0) is 26.1 Å². The second-order valence-corrected chi connectivity index (χ2v) is 9.28. The van der Waals surface area contributed by atoms with E-state index in [2.05, 4.69) is 17.6 Å². The molecule has 1 atom stereocenters. The van der Waals surface area contributed by atoms with Gasteiger partial charge in [0.1, 0.15) is 5.82 Å². The Labute approximate surface area is 191 Å². The Balaban J connectivity index is 1.66. The molecule has 0 bridgehead atoms. The van der Waals surface area contributed by atoms with Gasteiger partial charge in [0.2, 0.25) is 0 Å². The van der Waals surface area contributed by atoms with E-state index in [-0.39, 0.29) is 36.4 Å². The Morgan fingerprint density at radius 1 is 1.18 bits per heavy atom. The van der Waals surface area contributed by atoms with Gasteiger partial charge in [-0.1, -0.05) is 19.1 Å². The SMILES string of the molecule is CC1C=Cc2c(c(=O)n(C3CC3)c(=O)n2Cc2nc3cc(CN)ccc3n2CCCCF)C1. The Morgan fingerprint density at radius 3 is 2.73 bits per heavy atom. The molecule has 2 aromatic heterocycles. The van der Waals surface area contributed by atoms with E-state index in [0.29, 0.717) is 43.6 Å². The van der Waals surface area contributed by atoms with E-state index in [0.717, 1.165) is 35.3 Å². The quantitative estimate of drug-likeness (QED) is 0.533. The fraction of sp³-hybridized carbons (Fsp3) is 0.480. The van der Waals surface area contributed by atoms with Crippen molar-refractivity contribution in [2.24, 2.45) is 11.7 Å². The molecule has 2 aliphatic rings.